The summed E-state index contributed by atoms with van der Waals surface area (Å²) in [7, 11) is 0. The van der Waals surface area contributed by atoms with E-state index in [1.165, 1.54) is 11.3 Å². The Morgan fingerprint density at radius 3 is 2.71 bits per heavy atom. The Bertz CT molecular complexity index is 714. The predicted octanol–water partition coefficient (Wildman–Crippen LogP) is 1.91. The molecule has 0 aliphatic rings. The second-order valence-electron chi connectivity index (χ2n) is 4.59. The monoisotopic (exact) mass is 300 g/mol. The molecule has 0 radical (unpaired) electrons. The Morgan fingerprint density at radius 2 is 2.19 bits per heavy atom. The first-order chi connectivity index (χ1) is 10.0. The van der Waals surface area contributed by atoms with Crippen LogP contribution in [0.3, 0.4) is 0 Å². The lowest BCUT2D eigenvalue weighted by atomic mass is 10.2. The SMILES string of the molecule is CC(C)c1nc(CC(=O)Nc2nc(C#N)c(C#N)[nH]2)cs1. The Kier molecular flexibility index (Phi) is 4.31. The van der Waals surface area contributed by atoms with Gasteiger partial charge in [-0.25, -0.2) is 9.97 Å². The van der Waals surface area contributed by atoms with Gasteiger partial charge in [0.1, 0.15) is 12.1 Å². The second kappa shape index (κ2) is 6.16. The zero-order valence-corrected chi connectivity index (χ0v) is 12.3. The lowest BCUT2D eigenvalue weighted by Crippen LogP contribution is -2.15. The summed E-state index contributed by atoms with van der Waals surface area (Å²) in [6.45, 7) is 4.08. The molecule has 0 fully saturated rings. The summed E-state index contributed by atoms with van der Waals surface area (Å²) in [5, 5.41) is 22.9. The number of carbonyl (C=O) groups excluding carboxylic acids is 1. The van der Waals surface area contributed by atoms with Gasteiger partial charge in [0.25, 0.3) is 0 Å². The van der Waals surface area contributed by atoms with Crippen LogP contribution in [0.4, 0.5) is 5.95 Å². The molecule has 0 aliphatic heterocycles. The van der Waals surface area contributed by atoms with E-state index in [0.717, 1.165) is 5.01 Å². The van der Waals surface area contributed by atoms with Crippen molar-refractivity contribution in [1.82, 2.24) is 15.0 Å². The third-order valence-electron chi connectivity index (χ3n) is 2.58. The number of aromatic nitrogens is 3. The number of H-pyrrole nitrogens is 1. The first kappa shape index (κ1) is 14.7. The maximum Gasteiger partial charge on any atom is 0.232 e. The average Bonchev–Trinajstić information content (AvgIpc) is 3.04. The van der Waals surface area contributed by atoms with Gasteiger partial charge in [-0.3, -0.25) is 10.1 Å². The van der Waals surface area contributed by atoms with E-state index in [0.29, 0.717) is 11.6 Å². The van der Waals surface area contributed by atoms with Gasteiger partial charge < -0.3 is 4.98 Å². The molecule has 2 aromatic heterocycles. The Hall–Kier alpha value is -2.71. The summed E-state index contributed by atoms with van der Waals surface area (Å²) >= 11 is 1.52. The number of amides is 1. The van der Waals surface area contributed by atoms with Gasteiger partial charge in [0.15, 0.2) is 11.4 Å². The lowest BCUT2D eigenvalue weighted by molar-refractivity contribution is -0.115. The number of imidazole rings is 1. The van der Waals surface area contributed by atoms with Crippen molar-refractivity contribution in [3.8, 4) is 12.1 Å². The molecule has 8 heteroatoms. The molecule has 0 bridgehead atoms. The molecule has 2 aromatic rings. The molecule has 0 unspecified atom stereocenters. The topological polar surface area (TPSA) is 118 Å². The molecule has 0 aliphatic carbocycles. The first-order valence-electron chi connectivity index (χ1n) is 6.17. The van der Waals surface area contributed by atoms with Crippen molar-refractivity contribution >= 4 is 23.2 Å². The van der Waals surface area contributed by atoms with Gasteiger partial charge in [-0.15, -0.1) is 11.3 Å². The molecule has 2 rings (SSSR count). The molecule has 0 aromatic carbocycles. The summed E-state index contributed by atoms with van der Waals surface area (Å²) in [6, 6.07) is 3.58. The van der Waals surface area contributed by atoms with Gasteiger partial charge in [-0.2, -0.15) is 10.5 Å². The molecular formula is C13H12N6OS. The number of thiazole rings is 1. The zero-order valence-electron chi connectivity index (χ0n) is 11.5. The van der Waals surface area contributed by atoms with Crippen LogP contribution in [0.1, 0.15) is 41.9 Å². The Morgan fingerprint density at radius 1 is 1.43 bits per heavy atom. The van der Waals surface area contributed by atoms with Crippen molar-refractivity contribution in [2.45, 2.75) is 26.2 Å². The fourth-order valence-corrected chi connectivity index (χ4v) is 2.44. The van der Waals surface area contributed by atoms with Crippen LogP contribution in [0.2, 0.25) is 0 Å². The van der Waals surface area contributed by atoms with Crippen molar-refractivity contribution in [3.63, 3.8) is 0 Å². The van der Waals surface area contributed by atoms with Crippen LogP contribution in [0.25, 0.3) is 0 Å². The van der Waals surface area contributed by atoms with Gasteiger partial charge >= 0.3 is 0 Å². The molecule has 106 valence electrons. The van der Waals surface area contributed by atoms with Crippen molar-refractivity contribution in [2.75, 3.05) is 5.32 Å². The van der Waals surface area contributed by atoms with E-state index in [4.69, 9.17) is 10.5 Å². The molecule has 2 heterocycles. The van der Waals surface area contributed by atoms with E-state index in [-0.39, 0.29) is 29.7 Å². The molecule has 0 saturated heterocycles. The number of aromatic amines is 1. The predicted molar refractivity (Wildman–Crippen MR) is 76.6 cm³/mol. The fraction of sp³-hybridized carbons (Fsp3) is 0.308. The normalized spacial score (nSPS) is 10.1. The minimum atomic E-state index is -0.307. The third kappa shape index (κ3) is 3.44. The molecule has 0 spiro atoms. The van der Waals surface area contributed by atoms with Crippen molar-refractivity contribution < 1.29 is 4.79 Å². The standard InChI is InChI=1S/C13H12N6OS/c1-7(2)12-16-8(6-21-12)3-11(20)19-13-17-9(4-14)10(5-15)18-13/h6-7H,3H2,1-2H3,(H2,17,18,19,20). The van der Waals surface area contributed by atoms with Gasteiger partial charge in [0.05, 0.1) is 17.1 Å². The first-order valence-corrected chi connectivity index (χ1v) is 7.05. The third-order valence-corrected chi connectivity index (χ3v) is 3.78. The fourth-order valence-electron chi connectivity index (χ4n) is 1.60. The number of hydrogen-bond donors (Lipinski definition) is 2. The van der Waals surface area contributed by atoms with E-state index < -0.39 is 0 Å². The number of carbonyl (C=O) groups is 1. The number of anilines is 1. The summed E-state index contributed by atoms with van der Waals surface area (Å²) in [6.07, 6.45) is 0.119. The van der Waals surface area contributed by atoms with Crippen LogP contribution in [0.15, 0.2) is 5.38 Å². The van der Waals surface area contributed by atoms with Crippen LogP contribution >= 0.6 is 11.3 Å². The van der Waals surface area contributed by atoms with Crippen molar-refractivity contribution in [2.24, 2.45) is 0 Å². The van der Waals surface area contributed by atoms with E-state index in [1.54, 1.807) is 12.1 Å². The van der Waals surface area contributed by atoms with Crippen LogP contribution in [0.5, 0.6) is 0 Å². The maximum absolute atomic E-state index is 11.9. The molecular weight excluding hydrogens is 288 g/mol. The lowest BCUT2D eigenvalue weighted by Gasteiger charge is -2.00. The number of nitriles is 2. The van der Waals surface area contributed by atoms with Crippen LogP contribution in [-0.4, -0.2) is 20.9 Å². The minimum absolute atomic E-state index is 0.0311. The van der Waals surface area contributed by atoms with E-state index >= 15 is 0 Å². The van der Waals surface area contributed by atoms with E-state index in [1.807, 2.05) is 19.2 Å². The summed E-state index contributed by atoms with van der Waals surface area (Å²) in [4.78, 5) is 22.7. The molecule has 7 nitrogen and oxygen atoms in total. The van der Waals surface area contributed by atoms with Crippen LogP contribution < -0.4 is 5.32 Å². The summed E-state index contributed by atoms with van der Waals surface area (Å²) in [5.74, 6) is 0.110. The Labute approximate surface area is 125 Å². The zero-order chi connectivity index (χ0) is 15.4. The highest BCUT2D eigenvalue weighted by atomic mass is 32.1. The number of nitrogens with zero attached hydrogens (tertiary/aromatic N) is 4. The highest BCUT2D eigenvalue weighted by molar-refractivity contribution is 7.09. The smallest absolute Gasteiger partial charge is 0.232 e. The maximum atomic E-state index is 11.9. The number of rotatable bonds is 4. The Balaban J connectivity index is 2.03. The second-order valence-corrected chi connectivity index (χ2v) is 5.48. The molecule has 1 amide bonds. The van der Waals surface area contributed by atoms with E-state index in [2.05, 4.69) is 20.3 Å². The largest absolute Gasteiger partial charge is 0.314 e. The highest BCUT2D eigenvalue weighted by Crippen LogP contribution is 2.19. The minimum Gasteiger partial charge on any atom is -0.314 e. The average molecular weight is 300 g/mol. The van der Waals surface area contributed by atoms with Crippen LogP contribution in [0, 0.1) is 22.7 Å². The van der Waals surface area contributed by atoms with Crippen molar-refractivity contribution in [1.29, 1.82) is 10.5 Å². The van der Waals surface area contributed by atoms with Gasteiger partial charge in [0, 0.05) is 11.3 Å². The molecule has 0 atom stereocenters. The summed E-state index contributed by atoms with van der Waals surface area (Å²) < 4.78 is 0. The van der Waals surface area contributed by atoms with E-state index in [9.17, 15) is 4.79 Å². The number of hydrogen-bond acceptors (Lipinski definition) is 6. The van der Waals surface area contributed by atoms with Gasteiger partial charge in [-0.1, -0.05) is 13.8 Å². The summed E-state index contributed by atoms with van der Waals surface area (Å²) in [5.41, 5.74) is 0.681. The van der Waals surface area contributed by atoms with Gasteiger partial charge in [0.2, 0.25) is 11.9 Å². The van der Waals surface area contributed by atoms with Crippen molar-refractivity contribution in [3.05, 3.63) is 27.5 Å². The number of nitrogens with one attached hydrogen (secondary N) is 2. The molecule has 2 N–H and O–H groups in total. The highest BCUT2D eigenvalue weighted by Gasteiger charge is 2.13. The van der Waals surface area contributed by atoms with Gasteiger partial charge in [-0.05, 0) is 0 Å². The molecule has 0 saturated carbocycles. The van der Waals surface area contributed by atoms with Crippen LogP contribution in [-0.2, 0) is 11.2 Å². The quantitative estimate of drug-likeness (QED) is 0.894. The molecule has 21 heavy (non-hydrogen) atoms.